The summed E-state index contributed by atoms with van der Waals surface area (Å²) in [7, 11) is 0. The van der Waals surface area contributed by atoms with Gasteiger partial charge in [-0.15, -0.1) is 34.2 Å². The SMILES string of the molecule is CCc1nncn1CCNC(=NCCCN1CCOCC1)N1CCN(CC(C)C)CC1.I. The number of guanidine groups is 1. The highest BCUT2D eigenvalue weighted by Gasteiger charge is 2.20. The second-order valence-corrected chi connectivity index (χ2v) is 8.92. The third-order valence-corrected chi connectivity index (χ3v) is 5.94. The van der Waals surface area contributed by atoms with Gasteiger partial charge in [0.1, 0.15) is 12.2 Å². The topological polar surface area (TPSA) is 74.0 Å². The number of halogens is 1. The fraction of sp³-hybridized carbons (Fsp3) is 0.864. The normalized spacial score (nSPS) is 18.8. The maximum atomic E-state index is 5.45. The number of nitrogens with one attached hydrogen (secondary N) is 1. The van der Waals surface area contributed by atoms with Gasteiger partial charge in [0.05, 0.1) is 13.2 Å². The van der Waals surface area contributed by atoms with E-state index in [1.54, 1.807) is 0 Å². The molecule has 0 aliphatic carbocycles. The van der Waals surface area contributed by atoms with Crippen LogP contribution in [0.15, 0.2) is 11.3 Å². The molecule has 0 saturated carbocycles. The highest BCUT2D eigenvalue weighted by Crippen LogP contribution is 2.06. The lowest BCUT2D eigenvalue weighted by atomic mass is 10.2. The second kappa shape index (κ2) is 15.0. The molecular weight excluding hydrogens is 519 g/mol. The highest BCUT2D eigenvalue weighted by molar-refractivity contribution is 14.0. The average molecular weight is 563 g/mol. The molecule has 2 aliphatic heterocycles. The molecule has 0 amide bonds. The van der Waals surface area contributed by atoms with E-state index in [4.69, 9.17) is 9.73 Å². The van der Waals surface area contributed by atoms with Crippen LogP contribution < -0.4 is 5.32 Å². The van der Waals surface area contributed by atoms with Gasteiger partial charge in [0.15, 0.2) is 5.96 Å². The number of rotatable bonds is 10. The molecule has 32 heavy (non-hydrogen) atoms. The first-order valence-electron chi connectivity index (χ1n) is 12.1. The van der Waals surface area contributed by atoms with Crippen molar-refractivity contribution in [2.75, 3.05) is 78.7 Å². The molecule has 2 saturated heterocycles. The van der Waals surface area contributed by atoms with Crippen LogP contribution in [0, 0.1) is 5.92 Å². The van der Waals surface area contributed by atoms with Gasteiger partial charge in [-0.3, -0.25) is 14.8 Å². The first kappa shape index (κ1) is 27.3. The molecule has 0 aromatic carbocycles. The van der Waals surface area contributed by atoms with Gasteiger partial charge in [-0.1, -0.05) is 20.8 Å². The number of morpholine rings is 1. The molecule has 3 rings (SSSR count). The van der Waals surface area contributed by atoms with Crippen molar-refractivity contribution in [3.05, 3.63) is 12.2 Å². The molecule has 2 fully saturated rings. The zero-order chi connectivity index (χ0) is 21.9. The molecule has 0 atom stereocenters. The van der Waals surface area contributed by atoms with Gasteiger partial charge < -0.3 is 19.5 Å². The Morgan fingerprint density at radius 1 is 1.09 bits per heavy atom. The molecule has 0 bridgehead atoms. The van der Waals surface area contributed by atoms with Gasteiger partial charge in [0, 0.05) is 78.4 Å². The van der Waals surface area contributed by atoms with Crippen molar-refractivity contribution in [1.29, 1.82) is 0 Å². The van der Waals surface area contributed by atoms with E-state index in [2.05, 4.69) is 55.6 Å². The van der Waals surface area contributed by atoms with Crippen molar-refractivity contribution in [2.45, 2.75) is 40.2 Å². The number of hydrogen-bond acceptors (Lipinski definition) is 6. The number of piperazine rings is 1. The van der Waals surface area contributed by atoms with Crippen molar-refractivity contribution in [2.24, 2.45) is 10.9 Å². The van der Waals surface area contributed by atoms with Crippen molar-refractivity contribution >= 4 is 29.9 Å². The minimum atomic E-state index is 0. The van der Waals surface area contributed by atoms with E-state index in [9.17, 15) is 0 Å². The smallest absolute Gasteiger partial charge is 0.194 e. The molecule has 184 valence electrons. The van der Waals surface area contributed by atoms with E-state index in [1.807, 2.05) is 6.33 Å². The van der Waals surface area contributed by atoms with E-state index in [-0.39, 0.29) is 24.0 Å². The quantitative estimate of drug-likeness (QED) is 0.200. The molecule has 9 nitrogen and oxygen atoms in total. The molecule has 2 aliphatic rings. The number of aliphatic imine (C=N–C) groups is 1. The highest BCUT2D eigenvalue weighted by atomic mass is 127. The van der Waals surface area contributed by atoms with Crippen LogP contribution in [0.25, 0.3) is 0 Å². The lowest BCUT2D eigenvalue weighted by Crippen LogP contribution is -2.53. The number of aryl methyl sites for hydroxylation is 1. The Balaban J connectivity index is 0.00000363. The zero-order valence-electron chi connectivity index (χ0n) is 20.2. The van der Waals surface area contributed by atoms with Crippen LogP contribution >= 0.6 is 24.0 Å². The number of hydrogen-bond donors (Lipinski definition) is 1. The fourth-order valence-corrected chi connectivity index (χ4v) is 4.26. The van der Waals surface area contributed by atoms with Crippen LogP contribution in [0.1, 0.15) is 33.0 Å². The summed E-state index contributed by atoms with van der Waals surface area (Å²) in [5.41, 5.74) is 0. The summed E-state index contributed by atoms with van der Waals surface area (Å²) in [4.78, 5) is 12.5. The van der Waals surface area contributed by atoms with Crippen molar-refractivity contribution in [1.82, 2.24) is 34.8 Å². The van der Waals surface area contributed by atoms with Crippen LogP contribution in [0.4, 0.5) is 0 Å². The molecular formula is C22H43IN8O. The predicted octanol–water partition coefficient (Wildman–Crippen LogP) is 1.40. The number of nitrogens with zero attached hydrogens (tertiary/aromatic N) is 7. The second-order valence-electron chi connectivity index (χ2n) is 8.92. The molecule has 0 radical (unpaired) electrons. The summed E-state index contributed by atoms with van der Waals surface area (Å²) < 4.78 is 7.58. The molecule has 1 aromatic heterocycles. The summed E-state index contributed by atoms with van der Waals surface area (Å²) in [5.74, 6) is 2.81. The van der Waals surface area contributed by atoms with Gasteiger partial charge in [-0.2, -0.15) is 0 Å². The Morgan fingerprint density at radius 2 is 1.84 bits per heavy atom. The van der Waals surface area contributed by atoms with E-state index >= 15 is 0 Å². The average Bonchev–Trinajstić information content (AvgIpc) is 3.24. The fourth-order valence-electron chi connectivity index (χ4n) is 4.26. The summed E-state index contributed by atoms with van der Waals surface area (Å²) in [6, 6.07) is 0. The maximum absolute atomic E-state index is 5.45. The predicted molar refractivity (Wildman–Crippen MR) is 140 cm³/mol. The van der Waals surface area contributed by atoms with E-state index in [0.29, 0.717) is 0 Å². The van der Waals surface area contributed by atoms with E-state index < -0.39 is 0 Å². The number of ether oxygens (including phenoxy) is 1. The summed E-state index contributed by atoms with van der Waals surface area (Å²) >= 11 is 0. The Morgan fingerprint density at radius 3 is 2.53 bits per heavy atom. The van der Waals surface area contributed by atoms with Crippen LogP contribution in [-0.2, 0) is 17.7 Å². The van der Waals surface area contributed by atoms with Crippen LogP contribution in [-0.4, -0.2) is 114 Å². The molecule has 0 unspecified atom stereocenters. The van der Waals surface area contributed by atoms with Crippen LogP contribution in [0.3, 0.4) is 0 Å². The summed E-state index contributed by atoms with van der Waals surface area (Å²) in [6.45, 7) is 19.6. The summed E-state index contributed by atoms with van der Waals surface area (Å²) in [6.07, 6.45) is 3.81. The Hall–Kier alpha value is -0.980. The molecule has 1 aromatic rings. The molecule has 1 N–H and O–H groups in total. The first-order chi connectivity index (χ1) is 15.2. The minimum absolute atomic E-state index is 0. The Labute approximate surface area is 211 Å². The van der Waals surface area contributed by atoms with Gasteiger partial charge in [0.25, 0.3) is 0 Å². The third-order valence-electron chi connectivity index (χ3n) is 5.94. The third kappa shape index (κ3) is 9.11. The largest absolute Gasteiger partial charge is 0.379 e. The van der Waals surface area contributed by atoms with Gasteiger partial charge in [0.2, 0.25) is 0 Å². The molecule has 0 spiro atoms. The zero-order valence-corrected chi connectivity index (χ0v) is 22.5. The molecule has 10 heteroatoms. The monoisotopic (exact) mass is 562 g/mol. The standard InChI is InChI=1S/C22H42N8O.HI/c1-4-21-26-25-19-30(21)9-7-24-22(23-6-5-8-27-14-16-31-17-15-27)29-12-10-28(11-13-29)18-20(2)3;/h19-20H,4-18H2,1-3H3,(H,23,24);1H. The Bertz CT molecular complexity index is 654. The van der Waals surface area contributed by atoms with Gasteiger partial charge >= 0.3 is 0 Å². The van der Waals surface area contributed by atoms with Gasteiger partial charge in [-0.05, 0) is 12.3 Å². The van der Waals surface area contributed by atoms with Crippen LogP contribution in [0.5, 0.6) is 0 Å². The maximum Gasteiger partial charge on any atom is 0.194 e. The van der Waals surface area contributed by atoms with Crippen molar-refractivity contribution in [3.8, 4) is 0 Å². The Kier molecular flexibility index (Phi) is 12.8. The lowest BCUT2D eigenvalue weighted by Gasteiger charge is -2.37. The first-order valence-corrected chi connectivity index (χ1v) is 12.1. The minimum Gasteiger partial charge on any atom is -0.379 e. The summed E-state index contributed by atoms with van der Waals surface area (Å²) in [5, 5.41) is 11.8. The molecule has 3 heterocycles. The van der Waals surface area contributed by atoms with E-state index in [0.717, 1.165) is 109 Å². The van der Waals surface area contributed by atoms with E-state index in [1.165, 1.54) is 6.54 Å². The lowest BCUT2D eigenvalue weighted by molar-refractivity contribution is 0.0377. The van der Waals surface area contributed by atoms with Crippen molar-refractivity contribution < 1.29 is 4.74 Å². The van der Waals surface area contributed by atoms with Gasteiger partial charge in [-0.25, -0.2) is 0 Å². The number of aromatic nitrogens is 3. The van der Waals surface area contributed by atoms with Crippen molar-refractivity contribution in [3.63, 3.8) is 0 Å². The van der Waals surface area contributed by atoms with Crippen LogP contribution in [0.2, 0.25) is 0 Å².